The predicted octanol–water partition coefficient (Wildman–Crippen LogP) is 0.300. The average molecular weight is 201 g/mol. The fraction of sp³-hybridized carbons (Fsp3) is 0.900. The Labute approximate surface area is 84.6 Å². The van der Waals surface area contributed by atoms with Crippen LogP contribution in [-0.2, 0) is 9.53 Å². The lowest BCUT2D eigenvalue weighted by Gasteiger charge is -2.16. The lowest BCUT2D eigenvalue weighted by molar-refractivity contribution is -0.126. The van der Waals surface area contributed by atoms with Gasteiger partial charge in [-0.1, -0.05) is 6.92 Å². The Kier molecular flexibility index (Phi) is 4.90. The minimum absolute atomic E-state index is 0.0127. The van der Waals surface area contributed by atoms with E-state index < -0.39 is 0 Å². The minimum atomic E-state index is 0.0127. The van der Waals surface area contributed by atoms with Crippen molar-refractivity contribution in [3.63, 3.8) is 0 Å². The molecular formula is C10H19NO3. The summed E-state index contributed by atoms with van der Waals surface area (Å²) < 4.78 is 5.43. The summed E-state index contributed by atoms with van der Waals surface area (Å²) >= 11 is 0. The van der Waals surface area contributed by atoms with Gasteiger partial charge in [0.15, 0.2) is 0 Å². The predicted molar refractivity (Wildman–Crippen MR) is 52.9 cm³/mol. The van der Waals surface area contributed by atoms with Crippen LogP contribution >= 0.6 is 0 Å². The van der Waals surface area contributed by atoms with Gasteiger partial charge in [0.05, 0.1) is 12.0 Å². The Morgan fingerprint density at radius 1 is 1.64 bits per heavy atom. The molecule has 0 aliphatic carbocycles. The molecule has 14 heavy (non-hydrogen) atoms. The maximum atomic E-state index is 11.6. The molecule has 0 aromatic carbocycles. The van der Waals surface area contributed by atoms with Crippen LogP contribution in [0.25, 0.3) is 0 Å². The minimum Gasteiger partial charge on any atom is -0.396 e. The summed E-state index contributed by atoms with van der Waals surface area (Å²) in [6.45, 7) is 3.40. The summed E-state index contributed by atoms with van der Waals surface area (Å²) in [5.41, 5.74) is 0. The molecule has 1 aliphatic heterocycles. The van der Waals surface area contributed by atoms with Gasteiger partial charge in [-0.2, -0.15) is 0 Å². The van der Waals surface area contributed by atoms with Crippen molar-refractivity contribution in [3.05, 3.63) is 0 Å². The van der Waals surface area contributed by atoms with Gasteiger partial charge in [0, 0.05) is 19.8 Å². The SMILES string of the molecule is CCC1OCCC1C(=O)NCCCO. The van der Waals surface area contributed by atoms with E-state index in [0.717, 1.165) is 12.8 Å². The molecule has 2 N–H and O–H groups in total. The first-order valence-electron chi connectivity index (χ1n) is 5.29. The number of carbonyl (C=O) groups excluding carboxylic acids is 1. The Balaban J connectivity index is 2.28. The van der Waals surface area contributed by atoms with Gasteiger partial charge in [0.2, 0.25) is 5.91 Å². The highest BCUT2D eigenvalue weighted by atomic mass is 16.5. The molecule has 1 fully saturated rings. The number of rotatable bonds is 5. The highest BCUT2D eigenvalue weighted by Gasteiger charge is 2.32. The molecule has 82 valence electrons. The Hall–Kier alpha value is -0.610. The zero-order valence-electron chi connectivity index (χ0n) is 8.66. The third kappa shape index (κ3) is 2.96. The van der Waals surface area contributed by atoms with Crippen LogP contribution < -0.4 is 5.32 Å². The van der Waals surface area contributed by atoms with E-state index in [9.17, 15) is 4.79 Å². The number of hydrogen-bond acceptors (Lipinski definition) is 3. The first-order chi connectivity index (χ1) is 6.79. The van der Waals surface area contributed by atoms with Gasteiger partial charge in [-0.15, -0.1) is 0 Å². The Bertz CT molecular complexity index is 184. The van der Waals surface area contributed by atoms with Crippen molar-refractivity contribution < 1.29 is 14.6 Å². The number of aliphatic hydroxyl groups excluding tert-OH is 1. The molecule has 0 saturated carbocycles. The van der Waals surface area contributed by atoms with Crippen molar-refractivity contribution in [2.75, 3.05) is 19.8 Å². The van der Waals surface area contributed by atoms with Crippen LogP contribution in [0.3, 0.4) is 0 Å². The van der Waals surface area contributed by atoms with Crippen LogP contribution in [0.2, 0.25) is 0 Å². The molecule has 4 heteroatoms. The molecule has 2 unspecified atom stereocenters. The zero-order chi connectivity index (χ0) is 10.4. The van der Waals surface area contributed by atoms with Crippen LogP contribution in [0.1, 0.15) is 26.2 Å². The highest BCUT2D eigenvalue weighted by molar-refractivity contribution is 5.79. The second-order valence-electron chi connectivity index (χ2n) is 3.58. The monoisotopic (exact) mass is 201 g/mol. The summed E-state index contributed by atoms with van der Waals surface area (Å²) in [7, 11) is 0. The largest absolute Gasteiger partial charge is 0.396 e. The van der Waals surface area contributed by atoms with Gasteiger partial charge in [-0.05, 0) is 19.3 Å². The number of aliphatic hydroxyl groups is 1. The van der Waals surface area contributed by atoms with Crippen LogP contribution in [0, 0.1) is 5.92 Å². The Morgan fingerprint density at radius 3 is 3.07 bits per heavy atom. The van der Waals surface area contributed by atoms with Gasteiger partial charge in [0.25, 0.3) is 0 Å². The number of nitrogens with one attached hydrogen (secondary N) is 1. The van der Waals surface area contributed by atoms with Gasteiger partial charge in [0.1, 0.15) is 0 Å². The van der Waals surface area contributed by atoms with Crippen molar-refractivity contribution in [1.29, 1.82) is 0 Å². The summed E-state index contributed by atoms with van der Waals surface area (Å²) in [5.74, 6) is 0.0847. The van der Waals surface area contributed by atoms with E-state index in [1.54, 1.807) is 0 Å². The molecule has 1 amide bonds. The normalized spacial score (nSPS) is 26.4. The Morgan fingerprint density at radius 2 is 2.43 bits per heavy atom. The summed E-state index contributed by atoms with van der Waals surface area (Å²) in [4.78, 5) is 11.6. The summed E-state index contributed by atoms with van der Waals surface area (Å²) in [5, 5.41) is 11.4. The summed E-state index contributed by atoms with van der Waals surface area (Å²) in [6, 6.07) is 0. The van der Waals surface area contributed by atoms with Gasteiger partial charge in [-0.25, -0.2) is 0 Å². The fourth-order valence-corrected chi connectivity index (χ4v) is 1.77. The number of hydrogen-bond donors (Lipinski definition) is 2. The molecule has 4 nitrogen and oxygen atoms in total. The van der Waals surface area contributed by atoms with E-state index >= 15 is 0 Å². The maximum Gasteiger partial charge on any atom is 0.225 e. The molecule has 0 aromatic heterocycles. The van der Waals surface area contributed by atoms with E-state index in [2.05, 4.69) is 5.32 Å². The fourth-order valence-electron chi connectivity index (χ4n) is 1.77. The van der Waals surface area contributed by atoms with Crippen molar-refractivity contribution in [2.45, 2.75) is 32.3 Å². The second-order valence-corrected chi connectivity index (χ2v) is 3.58. The van der Waals surface area contributed by atoms with Gasteiger partial charge >= 0.3 is 0 Å². The zero-order valence-corrected chi connectivity index (χ0v) is 8.66. The summed E-state index contributed by atoms with van der Waals surface area (Å²) in [6.07, 6.45) is 2.42. The molecule has 1 saturated heterocycles. The lowest BCUT2D eigenvalue weighted by atomic mass is 9.99. The molecule has 1 aliphatic rings. The van der Waals surface area contributed by atoms with E-state index in [-0.39, 0.29) is 24.5 Å². The van der Waals surface area contributed by atoms with E-state index in [1.165, 1.54) is 0 Å². The van der Waals surface area contributed by atoms with E-state index in [1.807, 2.05) is 6.92 Å². The van der Waals surface area contributed by atoms with Crippen molar-refractivity contribution >= 4 is 5.91 Å². The molecule has 2 atom stereocenters. The standard InChI is InChI=1S/C10H19NO3/c1-2-9-8(4-7-14-9)10(13)11-5-3-6-12/h8-9,12H,2-7H2,1H3,(H,11,13). The molecule has 0 bridgehead atoms. The van der Waals surface area contributed by atoms with Crippen molar-refractivity contribution in [2.24, 2.45) is 5.92 Å². The van der Waals surface area contributed by atoms with Gasteiger partial charge < -0.3 is 15.2 Å². The topological polar surface area (TPSA) is 58.6 Å². The quantitative estimate of drug-likeness (QED) is 0.629. The molecule has 0 spiro atoms. The maximum absolute atomic E-state index is 11.6. The second kappa shape index (κ2) is 5.98. The third-order valence-electron chi connectivity index (χ3n) is 2.58. The number of amides is 1. The highest BCUT2D eigenvalue weighted by Crippen LogP contribution is 2.23. The van der Waals surface area contributed by atoms with Crippen molar-refractivity contribution in [1.82, 2.24) is 5.32 Å². The van der Waals surface area contributed by atoms with Crippen LogP contribution in [-0.4, -0.2) is 36.9 Å². The first-order valence-corrected chi connectivity index (χ1v) is 5.29. The van der Waals surface area contributed by atoms with Crippen LogP contribution in [0.5, 0.6) is 0 Å². The third-order valence-corrected chi connectivity index (χ3v) is 2.58. The molecule has 0 radical (unpaired) electrons. The first kappa shape index (κ1) is 11.5. The van der Waals surface area contributed by atoms with E-state index in [4.69, 9.17) is 9.84 Å². The van der Waals surface area contributed by atoms with E-state index in [0.29, 0.717) is 19.6 Å². The van der Waals surface area contributed by atoms with Crippen LogP contribution in [0.15, 0.2) is 0 Å². The average Bonchev–Trinajstić information content (AvgIpc) is 2.65. The van der Waals surface area contributed by atoms with Crippen LogP contribution in [0.4, 0.5) is 0 Å². The molecular weight excluding hydrogens is 182 g/mol. The molecule has 1 heterocycles. The molecule has 1 rings (SSSR count). The smallest absolute Gasteiger partial charge is 0.225 e. The number of carbonyl (C=O) groups is 1. The molecule has 0 aromatic rings. The lowest BCUT2D eigenvalue weighted by Crippen LogP contribution is -2.35. The van der Waals surface area contributed by atoms with Gasteiger partial charge in [-0.3, -0.25) is 4.79 Å². The number of ether oxygens (including phenoxy) is 1. The van der Waals surface area contributed by atoms with Crippen molar-refractivity contribution in [3.8, 4) is 0 Å².